The summed E-state index contributed by atoms with van der Waals surface area (Å²) in [7, 11) is 1.59. The van der Waals surface area contributed by atoms with Gasteiger partial charge in [-0.25, -0.2) is 9.37 Å². The zero-order valence-corrected chi connectivity index (χ0v) is 16.6. The molecule has 0 aliphatic heterocycles. The molecule has 0 fully saturated rings. The van der Waals surface area contributed by atoms with Crippen molar-refractivity contribution >= 4 is 11.9 Å². The summed E-state index contributed by atoms with van der Waals surface area (Å²) in [6, 6.07) is 3.48. The number of methoxy groups -OCH3 is 1. The third-order valence-electron chi connectivity index (χ3n) is 4.84. The Hall–Kier alpha value is -2.74. The van der Waals surface area contributed by atoms with Crippen LogP contribution >= 0.6 is 0 Å². The third-order valence-corrected chi connectivity index (χ3v) is 4.84. The molecule has 1 aliphatic carbocycles. The molecule has 2 aromatic heterocycles. The van der Waals surface area contributed by atoms with Crippen LogP contribution in [0.15, 0.2) is 30.1 Å². The van der Waals surface area contributed by atoms with Gasteiger partial charge in [-0.2, -0.15) is 5.10 Å². The van der Waals surface area contributed by atoms with Gasteiger partial charge < -0.3 is 14.2 Å². The molecule has 0 N–H and O–H groups in total. The van der Waals surface area contributed by atoms with Crippen molar-refractivity contribution in [2.24, 2.45) is 0 Å². The number of ether oxygens (including phenoxy) is 3. The maximum atomic E-state index is 12.8. The Kier molecular flexibility index (Phi) is 7.75. The first-order valence-corrected chi connectivity index (χ1v) is 9.75. The second-order valence-corrected chi connectivity index (χ2v) is 6.73. The van der Waals surface area contributed by atoms with Crippen molar-refractivity contribution in [2.45, 2.75) is 32.2 Å². The minimum atomic E-state index is -0.457. The van der Waals surface area contributed by atoms with E-state index >= 15 is 0 Å². The van der Waals surface area contributed by atoms with Crippen LogP contribution in [0, 0.1) is 0 Å². The number of halogens is 1. The molecule has 8 heteroatoms. The van der Waals surface area contributed by atoms with Crippen LogP contribution in [0.1, 0.15) is 41.7 Å². The van der Waals surface area contributed by atoms with Gasteiger partial charge in [0, 0.05) is 19.4 Å². The molecule has 2 aromatic rings. The summed E-state index contributed by atoms with van der Waals surface area (Å²) in [4.78, 5) is 15.7. The van der Waals surface area contributed by atoms with E-state index in [0.717, 1.165) is 48.8 Å². The van der Waals surface area contributed by atoms with Gasteiger partial charge in [0.1, 0.15) is 25.6 Å². The Morgan fingerprint density at radius 1 is 1.24 bits per heavy atom. The number of aldehydes is 1. The Morgan fingerprint density at radius 3 is 2.90 bits per heavy atom. The van der Waals surface area contributed by atoms with Crippen molar-refractivity contribution in [3.05, 3.63) is 41.4 Å². The topological polar surface area (TPSA) is 75.5 Å². The van der Waals surface area contributed by atoms with Gasteiger partial charge in [0.05, 0.1) is 30.6 Å². The lowest BCUT2D eigenvalue weighted by molar-refractivity contribution is 0.111. The number of pyridine rings is 1. The average Bonchev–Trinajstić information content (AvgIpc) is 3.21. The Morgan fingerprint density at radius 2 is 2.10 bits per heavy atom. The van der Waals surface area contributed by atoms with Gasteiger partial charge in [-0.15, -0.1) is 0 Å². The van der Waals surface area contributed by atoms with Crippen LogP contribution in [0.2, 0.25) is 0 Å². The van der Waals surface area contributed by atoms with E-state index in [2.05, 4.69) is 10.1 Å². The number of allylic oxidation sites excluding steroid dienone is 1. The standard InChI is InChI=1S/C21H26FN3O4/c1-27-10-11-28-21-12-17(14-26)20(13-23-21)29-15-16-4-2-3-5-18(16)19-6-8-24-25(19)9-7-22/h6,8,12-14H,2-5,7,9-11,15H2,1H3. The zero-order chi connectivity index (χ0) is 20.5. The first kappa shape index (κ1) is 21.0. The van der Waals surface area contributed by atoms with Crippen LogP contribution in [0.4, 0.5) is 4.39 Å². The number of hydrogen-bond donors (Lipinski definition) is 0. The van der Waals surface area contributed by atoms with Crippen molar-refractivity contribution in [3.63, 3.8) is 0 Å². The van der Waals surface area contributed by atoms with E-state index in [1.165, 1.54) is 6.20 Å². The maximum absolute atomic E-state index is 12.8. The first-order valence-electron chi connectivity index (χ1n) is 9.75. The number of rotatable bonds is 11. The molecule has 0 aromatic carbocycles. The number of alkyl halides is 1. The largest absolute Gasteiger partial charge is 0.487 e. The highest BCUT2D eigenvalue weighted by Crippen LogP contribution is 2.33. The lowest BCUT2D eigenvalue weighted by Gasteiger charge is -2.22. The molecular weight excluding hydrogens is 377 g/mol. The molecule has 1 aliphatic rings. The molecule has 0 atom stereocenters. The van der Waals surface area contributed by atoms with Crippen LogP contribution in [0.3, 0.4) is 0 Å². The molecule has 3 rings (SSSR count). The predicted octanol–water partition coefficient (Wildman–Crippen LogP) is 3.49. The second-order valence-electron chi connectivity index (χ2n) is 6.73. The third kappa shape index (κ3) is 5.41. The van der Waals surface area contributed by atoms with Crippen molar-refractivity contribution in [2.75, 3.05) is 33.6 Å². The van der Waals surface area contributed by atoms with Gasteiger partial charge in [-0.05, 0) is 42.9 Å². The minimum Gasteiger partial charge on any atom is -0.487 e. The van der Waals surface area contributed by atoms with Gasteiger partial charge in [-0.3, -0.25) is 9.48 Å². The Bertz CT molecular complexity index is 850. The molecule has 0 amide bonds. The van der Waals surface area contributed by atoms with Crippen molar-refractivity contribution in [3.8, 4) is 11.6 Å². The van der Waals surface area contributed by atoms with E-state index in [4.69, 9.17) is 14.2 Å². The molecule has 7 nitrogen and oxygen atoms in total. The van der Waals surface area contributed by atoms with Crippen LogP contribution in [-0.2, 0) is 11.3 Å². The predicted molar refractivity (Wildman–Crippen MR) is 106 cm³/mol. The van der Waals surface area contributed by atoms with Gasteiger partial charge >= 0.3 is 0 Å². The highest BCUT2D eigenvalue weighted by atomic mass is 19.1. The van der Waals surface area contributed by atoms with Gasteiger partial charge in [0.15, 0.2) is 6.29 Å². The SMILES string of the molecule is COCCOc1cc(C=O)c(OCC2=C(c3ccnn3CCF)CCCC2)cn1. The minimum absolute atomic E-state index is 0.240. The lowest BCUT2D eigenvalue weighted by Crippen LogP contribution is -2.13. The molecule has 0 unspecified atom stereocenters. The van der Waals surface area contributed by atoms with Crippen LogP contribution in [-0.4, -0.2) is 54.7 Å². The summed E-state index contributed by atoms with van der Waals surface area (Å²) >= 11 is 0. The van der Waals surface area contributed by atoms with Crippen LogP contribution in [0.5, 0.6) is 11.6 Å². The van der Waals surface area contributed by atoms with Gasteiger partial charge in [-0.1, -0.05) is 0 Å². The number of aryl methyl sites for hydroxylation is 1. The molecular formula is C21H26FN3O4. The molecule has 2 heterocycles. The normalized spacial score (nSPS) is 14.1. The number of carbonyl (C=O) groups excluding carboxylic acids is 1. The van der Waals surface area contributed by atoms with E-state index in [-0.39, 0.29) is 6.54 Å². The second kappa shape index (κ2) is 10.7. The maximum Gasteiger partial charge on any atom is 0.214 e. The summed E-state index contributed by atoms with van der Waals surface area (Å²) in [6.07, 6.45) is 7.88. The number of nitrogens with zero attached hydrogens (tertiary/aromatic N) is 3. The summed E-state index contributed by atoms with van der Waals surface area (Å²) in [6.45, 7) is 0.921. The van der Waals surface area contributed by atoms with E-state index < -0.39 is 6.67 Å². The highest BCUT2D eigenvalue weighted by Gasteiger charge is 2.19. The smallest absolute Gasteiger partial charge is 0.214 e. The summed E-state index contributed by atoms with van der Waals surface area (Å²) in [5.74, 6) is 0.762. The van der Waals surface area contributed by atoms with Crippen molar-refractivity contribution in [1.29, 1.82) is 0 Å². The van der Waals surface area contributed by atoms with Crippen molar-refractivity contribution in [1.82, 2.24) is 14.8 Å². The molecule has 29 heavy (non-hydrogen) atoms. The quantitative estimate of drug-likeness (QED) is 0.422. The van der Waals surface area contributed by atoms with E-state index in [1.807, 2.05) is 6.07 Å². The lowest BCUT2D eigenvalue weighted by atomic mass is 9.90. The summed E-state index contributed by atoms with van der Waals surface area (Å²) in [5, 5.41) is 4.22. The van der Waals surface area contributed by atoms with E-state index in [0.29, 0.717) is 37.0 Å². The Balaban J connectivity index is 1.75. The zero-order valence-electron chi connectivity index (χ0n) is 16.6. The molecule has 0 radical (unpaired) electrons. The first-order chi connectivity index (χ1) is 14.3. The summed E-state index contributed by atoms with van der Waals surface area (Å²) in [5.41, 5.74) is 3.63. The van der Waals surface area contributed by atoms with Gasteiger partial charge in [0.25, 0.3) is 0 Å². The molecule has 0 saturated carbocycles. The average molecular weight is 403 g/mol. The molecule has 0 spiro atoms. The fourth-order valence-corrected chi connectivity index (χ4v) is 3.41. The highest BCUT2D eigenvalue weighted by molar-refractivity contribution is 5.79. The fraction of sp³-hybridized carbons (Fsp3) is 0.476. The molecule has 0 bridgehead atoms. The monoisotopic (exact) mass is 403 g/mol. The van der Waals surface area contributed by atoms with Gasteiger partial charge in [0.2, 0.25) is 5.88 Å². The number of aromatic nitrogens is 3. The van der Waals surface area contributed by atoms with Crippen molar-refractivity contribution < 1.29 is 23.4 Å². The number of carbonyl (C=O) groups is 1. The van der Waals surface area contributed by atoms with E-state index in [1.54, 1.807) is 24.1 Å². The molecule has 156 valence electrons. The van der Waals surface area contributed by atoms with Crippen LogP contribution < -0.4 is 9.47 Å². The van der Waals surface area contributed by atoms with E-state index in [9.17, 15) is 9.18 Å². The summed E-state index contributed by atoms with van der Waals surface area (Å²) < 4.78 is 30.8. The number of hydrogen-bond acceptors (Lipinski definition) is 6. The fourth-order valence-electron chi connectivity index (χ4n) is 3.41. The Labute approximate surface area is 169 Å². The van der Waals surface area contributed by atoms with Crippen LogP contribution in [0.25, 0.3) is 5.57 Å². The molecule has 0 saturated heterocycles.